The summed E-state index contributed by atoms with van der Waals surface area (Å²) in [6.45, 7) is 9.62. The fourth-order valence-corrected chi connectivity index (χ4v) is 5.80. The van der Waals surface area contributed by atoms with Gasteiger partial charge in [-0.25, -0.2) is 4.39 Å². The molecule has 0 spiro atoms. The fourth-order valence-electron chi connectivity index (χ4n) is 4.88. The van der Waals surface area contributed by atoms with E-state index in [1.807, 2.05) is 4.90 Å². The van der Waals surface area contributed by atoms with Crippen LogP contribution in [-0.4, -0.2) is 63.2 Å². The van der Waals surface area contributed by atoms with Crippen LogP contribution >= 0.6 is 11.8 Å². The SMILES string of the molecule is CCN(CC)CCN(Cc1ccc(-c2ccc(C)cc2)cc1)C(=O)Cn1cc(CCO)c(=O)nc1SCc1ccc(F)cc1. The Kier molecular flexibility index (Phi) is 12.3. The van der Waals surface area contributed by atoms with E-state index in [1.165, 1.54) is 29.5 Å². The molecule has 0 fully saturated rings. The monoisotopic (exact) mass is 616 g/mol. The lowest BCUT2D eigenvalue weighted by Crippen LogP contribution is -2.40. The Morgan fingerprint density at radius 2 is 1.52 bits per heavy atom. The predicted molar refractivity (Wildman–Crippen MR) is 175 cm³/mol. The lowest BCUT2D eigenvalue weighted by Gasteiger charge is -2.27. The number of halogens is 1. The Hall–Kier alpha value is -3.79. The van der Waals surface area contributed by atoms with Gasteiger partial charge in [0.1, 0.15) is 12.4 Å². The molecule has 9 heteroatoms. The minimum Gasteiger partial charge on any atom is -0.396 e. The summed E-state index contributed by atoms with van der Waals surface area (Å²) in [7, 11) is 0. The van der Waals surface area contributed by atoms with Crippen LogP contribution in [0.15, 0.2) is 88.9 Å². The highest BCUT2D eigenvalue weighted by molar-refractivity contribution is 7.98. The van der Waals surface area contributed by atoms with Gasteiger partial charge < -0.3 is 19.5 Å². The van der Waals surface area contributed by atoms with E-state index in [0.717, 1.165) is 41.9 Å². The molecular formula is C35H41FN4O3S. The van der Waals surface area contributed by atoms with Crippen LogP contribution in [0.3, 0.4) is 0 Å². The molecule has 0 aliphatic heterocycles. The van der Waals surface area contributed by atoms with Gasteiger partial charge in [0, 0.05) is 50.2 Å². The van der Waals surface area contributed by atoms with E-state index in [1.54, 1.807) is 22.9 Å². The fraction of sp³-hybridized carbons (Fsp3) is 0.343. The minimum absolute atomic E-state index is 0.00282. The molecule has 3 aromatic carbocycles. The first-order chi connectivity index (χ1) is 21.3. The number of likely N-dealkylation sites (N-methyl/N-ethyl adjacent to an activating group) is 1. The first kappa shape index (κ1) is 33.1. The number of aliphatic hydroxyl groups is 1. The van der Waals surface area contributed by atoms with Crippen LogP contribution < -0.4 is 5.56 Å². The number of thioether (sulfide) groups is 1. The number of carbonyl (C=O) groups excluding carboxylic acids is 1. The largest absolute Gasteiger partial charge is 0.396 e. The normalized spacial score (nSPS) is 11.2. The summed E-state index contributed by atoms with van der Waals surface area (Å²) in [5.74, 6) is 0.0466. The Bertz CT molecular complexity index is 1550. The van der Waals surface area contributed by atoms with Gasteiger partial charge in [0.05, 0.1) is 0 Å². The Morgan fingerprint density at radius 3 is 2.14 bits per heavy atom. The average Bonchev–Trinajstić information content (AvgIpc) is 3.03. The smallest absolute Gasteiger partial charge is 0.276 e. The molecule has 0 saturated carbocycles. The van der Waals surface area contributed by atoms with E-state index in [4.69, 9.17) is 0 Å². The van der Waals surface area contributed by atoms with Gasteiger partial charge in [-0.1, -0.05) is 91.8 Å². The standard InChI is InChI=1S/C35H41FN4O3S/c1-4-38(5-2)19-20-39(22-27-8-14-30(15-9-27)29-12-6-26(3)7-13-29)33(42)24-40-23-31(18-21-41)34(43)37-35(40)44-25-28-10-16-32(36)17-11-28/h6-17,23,41H,4-5,18-22,24-25H2,1-3H3. The zero-order chi connectivity index (χ0) is 31.5. The molecule has 232 valence electrons. The highest BCUT2D eigenvalue weighted by atomic mass is 32.2. The topological polar surface area (TPSA) is 78.7 Å². The molecule has 7 nitrogen and oxygen atoms in total. The van der Waals surface area contributed by atoms with Gasteiger partial charge >= 0.3 is 0 Å². The second-order valence-corrected chi connectivity index (χ2v) is 11.7. The van der Waals surface area contributed by atoms with Crippen molar-refractivity contribution in [1.82, 2.24) is 19.4 Å². The van der Waals surface area contributed by atoms with Gasteiger partial charge in [-0.15, -0.1) is 0 Å². The quantitative estimate of drug-likeness (QED) is 0.139. The van der Waals surface area contributed by atoms with Crippen LogP contribution in [0.5, 0.6) is 0 Å². The molecule has 1 aromatic heterocycles. The van der Waals surface area contributed by atoms with Crippen molar-refractivity contribution in [1.29, 1.82) is 0 Å². The third-order valence-corrected chi connectivity index (χ3v) is 8.70. The summed E-state index contributed by atoms with van der Waals surface area (Å²) in [5.41, 5.74) is 5.31. The van der Waals surface area contributed by atoms with Crippen molar-refractivity contribution in [3.05, 3.63) is 117 Å². The number of benzene rings is 3. The molecule has 0 atom stereocenters. The lowest BCUT2D eigenvalue weighted by atomic mass is 10.0. The first-order valence-corrected chi connectivity index (χ1v) is 16.0. The van der Waals surface area contributed by atoms with Crippen LogP contribution in [0.25, 0.3) is 11.1 Å². The maximum atomic E-state index is 13.9. The van der Waals surface area contributed by atoms with Crippen molar-refractivity contribution >= 4 is 17.7 Å². The second-order valence-electron chi connectivity index (χ2n) is 10.8. The number of nitrogens with zero attached hydrogens (tertiary/aromatic N) is 4. The second kappa shape index (κ2) is 16.3. The van der Waals surface area contributed by atoms with E-state index in [0.29, 0.717) is 29.6 Å². The third-order valence-electron chi connectivity index (χ3n) is 7.64. The first-order valence-electron chi connectivity index (χ1n) is 15.0. The molecule has 1 amide bonds. The molecule has 44 heavy (non-hydrogen) atoms. The molecule has 4 aromatic rings. The molecule has 0 aliphatic rings. The molecule has 0 saturated heterocycles. The number of rotatable bonds is 15. The summed E-state index contributed by atoms with van der Waals surface area (Å²) in [5, 5.41) is 9.90. The van der Waals surface area contributed by atoms with Crippen LogP contribution in [0.1, 0.15) is 36.1 Å². The number of aryl methyl sites for hydroxylation is 1. The Balaban J connectivity index is 1.57. The predicted octanol–water partition coefficient (Wildman–Crippen LogP) is 5.56. The lowest BCUT2D eigenvalue weighted by molar-refractivity contribution is -0.132. The van der Waals surface area contributed by atoms with Gasteiger partial charge in [-0.3, -0.25) is 9.59 Å². The van der Waals surface area contributed by atoms with E-state index in [9.17, 15) is 19.1 Å². The number of aliphatic hydroxyl groups excluding tert-OH is 1. The number of hydrogen-bond donors (Lipinski definition) is 1. The number of carbonyl (C=O) groups is 1. The molecule has 0 bridgehead atoms. The van der Waals surface area contributed by atoms with Crippen molar-refractivity contribution in [3.63, 3.8) is 0 Å². The van der Waals surface area contributed by atoms with Crippen LogP contribution in [0, 0.1) is 12.7 Å². The van der Waals surface area contributed by atoms with Crippen LogP contribution in [-0.2, 0) is 30.1 Å². The van der Waals surface area contributed by atoms with Crippen molar-refractivity contribution in [3.8, 4) is 11.1 Å². The van der Waals surface area contributed by atoms with E-state index >= 15 is 0 Å². The molecule has 0 radical (unpaired) electrons. The van der Waals surface area contributed by atoms with Gasteiger partial charge in [0.25, 0.3) is 5.56 Å². The summed E-state index contributed by atoms with van der Waals surface area (Å²) in [6.07, 6.45) is 1.79. The molecule has 4 rings (SSSR count). The zero-order valence-electron chi connectivity index (χ0n) is 25.7. The molecule has 0 aliphatic carbocycles. The number of amides is 1. The summed E-state index contributed by atoms with van der Waals surface area (Å²) >= 11 is 1.32. The van der Waals surface area contributed by atoms with Crippen molar-refractivity contribution in [2.75, 3.05) is 32.8 Å². The highest BCUT2D eigenvalue weighted by Gasteiger charge is 2.19. The number of hydrogen-bond acceptors (Lipinski definition) is 6. The van der Waals surface area contributed by atoms with Gasteiger partial charge in [0.15, 0.2) is 5.16 Å². The van der Waals surface area contributed by atoms with E-state index in [2.05, 4.69) is 79.2 Å². The summed E-state index contributed by atoms with van der Waals surface area (Å²) in [6, 6.07) is 22.9. The maximum Gasteiger partial charge on any atom is 0.276 e. The van der Waals surface area contributed by atoms with Crippen molar-refractivity contribution < 1.29 is 14.3 Å². The zero-order valence-corrected chi connectivity index (χ0v) is 26.5. The van der Waals surface area contributed by atoms with Crippen LogP contribution in [0.2, 0.25) is 0 Å². The van der Waals surface area contributed by atoms with Gasteiger partial charge in [0.2, 0.25) is 5.91 Å². The van der Waals surface area contributed by atoms with Crippen LogP contribution in [0.4, 0.5) is 4.39 Å². The highest BCUT2D eigenvalue weighted by Crippen LogP contribution is 2.23. The summed E-state index contributed by atoms with van der Waals surface area (Å²) in [4.78, 5) is 35.0. The van der Waals surface area contributed by atoms with Crippen molar-refractivity contribution in [2.24, 2.45) is 0 Å². The Morgan fingerprint density at radius 1 is 0.909 bits per heavy atom. The van der Waals surface area contributed by atoms with E-state index in [-0.39, 0.29) is 31.3 Å². The third kappa shape index (κ3) is 9.35. The molecule has 1 N–H and O–H groups in total. The molecule has 1 heterocycles. The van der Waals surface area contributed by atoms with Gasteiger partial charge in [-0.2, -0.15) is 4.98 Å². The molecule has 0 unspecified atom stereocenters. The minimum atomic E-state index is -0.420. The van der Waals surface area contributed by atoms with E-state index < -0.39 is 5.56 Å². The average molecular weight is 617 g/mol. The summed E-state index contributed by atoms with van der Waals surface area (Å²) < 4.78 is 15.1. The maximum absolute atomic E-state index is 13.9. The Labute approximate surface area is 263 Å². The van der Waals surface area contributed by atoms with Crippen molar-refractivity contribution in [2.45, 2.75) is 51.2 Å². The molecular weight excluding hydrogens is 575 g/mol. The number of aromatic nitrogens is 2. The van der Waals surface area contributed by atoms with Gasteiger partial charge in [-0.05, 0) is 54.4 Å².